The van der Waals surface area contributed by atoms with Gasteiger partial charge in [-0.05, 0) is 43.1 Å². The Labute approximate surface area is 225 Å². The molecule has 0 aliphatic carbocycles. The molecule has 2 aromatic carbocycles. The Hall–Kier alpha value is -3.58. The van der Waals surface area contributed by atoms with Gasteiger partial charge in [-0.2, -0.15) is 0 Å². The minimum atomic E-state index is -0.0346. The number of fused-ring (bicyclic) bond motifs is 1. The minimum Gasteiger partial charge on any atom is -0.495 e. The van der Waals surface area contributed by atoms with Gasteiger partial charge in [0.2, 0.25) is 0 Å². The lowest BCUT2D eigenvalue weighted by Crippen LogP contribution is -2.46. The van der Waals surface area contributed by atoms with E-state index < -0.39 is 0 Å². The predicted octanol–water partition coefficient (Wildman–Crippen LogP) is 4.72. The second kappa shape index (κ2) is 12.3. The van der Waals surface area contributed by atoms with Crippen molar-refractivity contribution in [2.75, 3.05) is 51.3 Å². The molecule has 3 heterocycles. The Morgan fingerprint density at radius 1 is 0.789 bits per heavy atom. The fourth-order valence-electron chi connectivity index (χ4n) is 5.60. The lowest BCUT2D eigenvalue weighted by molar-refractivity contribution is 0.0735. The van der Waals surface area contributed by atoms with E-state index in [-0.39, 0.29) is 11.7 Å². The van der Waals surface area contributed by atoms with Gasteiger partial charge >= 0.3 is 0 Å². The molecular formula is C31H38N4O3. The molecule has 38 heavy (non-hydrogen) atoms. The normalized spacial score (nSPS) is 16.4. The third kappa shape index (κ3) is 5.94. The molecule has 7 heteroatoms. The monoisotopic (exact) mass is 514 g/mol. The zero-order chi connectivity index (χ0) is 26.3. The number of aromatic nitrogens is 1. The van der Waals surface area contributed by atoms with Crippen molar-refractivity contribution in [1.82, 2.24) is 14.4 Å². The van der Waals surface area contributed by atoms with E-state index in [1.54, 1.807) is 7.11 Å². The Balaban J connectivity index is 1.10. The molecule has 200 valence electrons. The van der Waals surface area contributed by atoms with E-state index in [9.17, 15) is 9.59 Å². The van der Waals surface area contributed by atoms with Crippen LogP contribution in [0.25, 0.3) is 0 Å². The highest BCUT2D eigenvalue weighted by atomic mass is 16.5. The molecule has 1 fully saturated rings. The number of Topliss-reactive ketones (excluding diaryl/α,β-unsaturated/α-hetero) is 1. The number of benzene rings is 2. The number of unbranched alkanes of at least 4 members (excludes halogenated alkanes) is 2. The summed E-state index contributed by atoms with van der Waals surface area (Å²) in [5, 5.41) is 0. The summed E-state index contributed by atoms with van der Waals surface area (Å²) in [6, 6.07) is 20.1. The van der Waals surface area contributed by atoms with E-state index in [0.29, 0.717) is 30.8 Å². The number of anilines is 1. The molecule has 0 unspecified atom stereocenters. The molecule has 2 aliphatic rings. The van der Waals surface area contributed by atoms with Crippen LogP contribution < -0.4 is 9.64 Å². The van der Waals surface area contributed by atoms with E-state index >= 15 is 0 Å². The number of amides is 1. The molecule has 1 amide bonds. The lowest BCUT2D eigenvalue weighted by Gasteiger charge is -2.36. The summed E-state index contributed by atoms with van der Waals surface area (Å²) in [4.78, 5) is 33.0. The SMILES string of the molecule is COc1ccccc1N1CCN(CCCCCn2ccc3c2C(=O)N(Cc2ccccc2)CCC3=O)CC1. The first-order valence-electron chi connectivity index (χ1n) is 13.8. The lowest BCUT2D eigenvalue weighted by atomic mass is 10.1. The number of ether oxygens (including phenoxy) is 1. The van der Waals surface area contributed by atoms with Crippen LogP contribution in [0.4, 0.5) is 5.69 Å². The van der Waals surface area contributed by atoms with Crippen LogP contribution in [-0.2, 0) is 13.1 Å². The Bertz CT molecular complexity index is 1230. The van der Waals surface area contributed by atoms with Crippen LogP contribution in [0.3, 0.4) is 0 Å². The van der Waals surface area contributed by atoms with E-state index in [2.05, 4.69) is 21.9 Å². The molecule has 0 bridgehead atoms. The summed E-state index contributed by atoms with van der Waals surface area (Å²) in [5.41, 5.74) is 3.41. The Kier molecular flexibility index (Phi) is 8.44. The second-order valence-electron chi connectivity index (χ2n) is 10.2. The first kappa shape index (κ1) is 26.0. The van der Waals surface area contributed by atoms with Crippen LogP contribution in [0.1, 0.15) is 52.1 Å². The zero-order valence-electron chi connectivity index (χ0n) is 22.3. The van der Waals surface area contributed by atoms with Crippen molar-refractivity contribution >= 4 is 17.4 Å². The molecule has 7 nitrogen and oxygen atoms in total. The topological polar surface area (TPSA) is 58.0 Å². The van der Waals surface area contributed by atoms with Gasteiger partial charge < -0.3 is 19.1 Å². The van der Waals surface area contributed by atoms with E-state index in [1.165, 1.54) is 5.69 Å². The summed E-state index contributed by atoms with van der Waals surface area (Å²) in [6.45, 7) is 6.96. The summed E-state index contributed by atoms with van der Waals surface area (Å²) < 4.78 is 7.54. The van der Waals surface area contributed by atoms with Gasteiger partial charge in [-0.3, -0.25) is 14.5 Å². The number of hydrogen-bond acceptors (Lipinski definition) is 5. The van der Waals surface area contributed by atoms with Crippen molar-refractivity contribution < 1.29 is 14.3 Å². The first-order valence-corrected chi connectivity index (χ1v) is 13.8. The van der Waals surface area contributed by atoms with Gasteiger partial charge in [0.05, 0.1) is 12.8 Å². The smallest absolute Gasteiger partial charge is 0.271 e. The molecule has 3 aromatic rings. The number of ketones is 1. The third-order valence-electron chi connectivity index (χ3n) is 7.75. The molecule has 1 aromatic heterocycles. The molecule has 1 saturated heterocycles. The highest BCUT2D eigenvalue weighted by Gasteiger charge is 2.30. The number of carbonyl (C=O) groups is 2. The number of para-hydroxylation sites is 2. The van der Waals surface area contributed by atoms with Crippen molar-refractivity contribution in [2.24, 2.45) is 0 Å². The van der Waals surface area contributed by atoms with Crippen LogP contribution in [0.15, 0.2) is 66.9 Å². The number of aryl methyl sites for hydroxylation is 1. The largest absolute Gasteiger partial charge is 0.495 e. The summed E-state index contributed by atoms with van der Waals surface area (Å²) in [5.74, 6) is 0.967. The molecule has 0 saturated carbocycles. The van der Waals surface area contributed by atoms with Gasteiger partial charge in [0, 0.05) is 64.0 Å². The number of methoxy groups -OCH3 is 1. The van der Waals surface area contributed by atoms with Gasteiger partial charge in [-0.15, -0.1) is 0 Å². The maximum absolute atomic E-state index is 13.5. The van der Waals surface area contributed by atoms with Crippen molar-refractivity contribution in [3.05, 3.63) is 83.7 Å². The second-order valence-corrected chi connectivity index (χ2v) is 10.2. The van der Waals surface area contributed by atoms with Crippen molar-refractivity contribution in [3.8, 4) is 5.75 Å². The summed E-state index contributed by atoms with van der Waals surface area (Å²) in [6.07, 6.45) is 5.51. The van der Waals surface area contributed by atoms with Gasteiger partial charge in [0.1, 0.15) is 11.4 Å². The molecular weight excluding hydrogens is 476 g/mol. The fourth-order valence-corrected chi connectivity index (χ4v) is 5.60. The average Bonchev–Trinajstić information content (AvgIpc) is 3.35. The van der Waals surface area contributed by atoms with E-state index in [1.807, 2.05) is 64.2 Å². The highest BCUT2D eigenvalue weighted by molar-refractivity contribution is 6.09. The van der Waals surface area contributed by atoms with Crippen LogP contribution in [0.2, 0.25) is 0 Å². The van der Waals surface area contributed by atoms with Gasteiger partial charge in [0.15, 0.2) is 5.78 Å². The molecule has 0 atom stereocenters. The number of nitrogens with zero attached hydrogens (tertiary/aromatic N) is 4. The number of carbonyl (C=O) groups excluding carboxylic acids is 2. The van der Waals surface area contributed by atoms with Crippen molar-refractivity contribution in [1.29, 1.82) is 0 Å². The molecule has 0 spiro atoms. The van der Waals surface area contributed by atoms with Gasteiger partial charge in [-0.1, -0.05) is 48.9 Å². The standard InChI is InChI=1S/C31H38N4O3/c1-38-29-13-7-6-12-27(29)33-22-20-32(21-23-33)16-8-3-9-17-34-18-14-26-28(36)15-19-35(31(37)30(26)34)24-25-10-4-2-5-11-25/h2,4-7,10-14,18H,3,8-9,15-17,19-24H2,1H3. The molecule has 0 N–H and O–H groups in total. The van der Waals surface area contributed by atoms with E-state index in [0.717, 1.165) is 69.8 Å². The van der Waals surface area contributed by atoms with Crippen molar-refractivity contribution in [3.63, 3.8) is 0 Å². The Morgan fingerprint density at radius 3 is 2.32 bits per heavy atom. The van der Waals surface area contributed by atoms with Crippen LogP contribution in [-0.4, -0.2) is 72.4 Å². The van der Waals surface area contributed by atoms with Crippen LogP contribution >= 0.6 is 0 Å². The highest BCUT2D eigenvalue weighted by Crippen LogP contribution is 2.28. The maximum atomic E-state index is 13.5. The number of hydrogen-bond donors (Lipinski definition) is 0. The quantitative estimate of drug-likeness (QED) is 0.367. The van der Waals surface area contributed by atoms with Crippen LogP contribution in [0.5, 0.6) is 5.75 Å². The fraction of sp³-hybridized carbons (Fsp3) is 0.419. The minimum absolute atomic E-state index is 0.0346. The zero-order valence-corrected chi connectivity index (χ0v) is 22.3. The molecule has 0 radical (unpaired) electrons. The summed E-state index contributed by atoms with van der Waals surface area (Å²) in [7, 11) is 1.73. The third-order valence-corrected chi connectivity index (χ3v) is 7.75. The molecule has 2 aliphatic heterocycles. The number of piperazine rings is 1. The van der Waals surface area contributed by atoms with Crippen LogP contribution in [0, 0.1) is 0 Å². The van der Waals surface area contributed by atoms with Crippen molar-refractivity contribution in [2.45, 2.75) is 38.8 Å². The van der Waals surface area contributed by atoms with Gasteiger partial charge in [-0.25, -0.2) is 0 Å². The predicted molar refractivity (Wildman–Crippen MR) is 150 cm³/mol. The molecule has 5 rings (SSSR count). The maximum Gasteiger partial charge on any atom is 0.271 e. The van der Waals surface area contributed by atoms with Gasteiger partial charge in [0.25, 0.3) is 5.91 Å². The Morgan fingerprint density at radius 2 is 1.53 bits per heavy atom. The van der Waals surface area contributed by atoms with E-state index in [4.69, 9.17) is 4.74 Å². The summed E-state index contributed by atoms with van der Waals surface area (Å²) >= 11 is 0. The first-order chi connectivity index (χ1) is 18.6. The average molecular weight is 515 g/mol. The number of rotatable bonds is 10.